The van der Waals surface area contributed by atoms with Crippen molar-refractivity contribution in [3.05, 3.63) is 82.7 Å². The van der Waals surface area contributed by atoms with Crippen molar-refractivity contribution >= 4 is 23.1 Å². The smallest absolute Gasteiger partial charge is 0.417 e. The van der Waals surface area contributed by atoms with Crippen molar-refractivity contribution in [2.45, 2.75) is 24.0 Å². The maximum absolute atomic E-state index is 13.7. The summed E-state index contributed by atoms with van der Waals surface area (Å²) in [4.78, 5) is 9.42. The SMILES string of the molecule is N#Cc1c(C(F)(F)F)cc(-c2cccs2)nc1SCCN1CCN(C2=COC(C3=CC=CCC3)=CO2)CC1. The van der Waals surface area contributed by atoms with E-state index in [2.05, 4.69) is 20.9 Å². The summed E-state index contributed by atoms with van der Waals surface area (Å²) < 4.78 is 52.8. The van der Waals surface area contributed by atoms with Gasteiger partial charge in [-0.05, 0) is 35.9 Å². The van der Waals surface area contributed by atoms with Crippen LogP contribution in [-0.4, -0.2) is 53.3 Å². The zero-order chi connectivity index (χ0) is 26.5. The molecule has 0 N–H and O–H groups in total. The van der Waals surface area contributed by atoms with E-state index in [4.69, 9.17) is 9.47 Å². The van der Waals surface area contributed by atoms with E-state index in [-0.39, 0.29) is 10.7 Å². The minimum Gasteiger partial charge on any atom is -0.456 e. The third-order valence-electron chi connectivity index (χ3n) is 6.41. The number of hydrogen-bond donors (Lipinski definition) is 0. The topological polar surface area (TPSA) is 61.6 Å². The van der Waals surface area contributed by atoms with Gasteiger partial charge in [-0.3, -0.25) is 4.90 Å². The van der Waals surface area contributed by atoms with Gasteiger partial charge in [-0.1, -0.05) is 24.3 Å². The lowest BCUT2D eigenvalue weighted by Gasteiger charge is -2.36. The number of alkyl halides is 3. The highest BCUT2D eigenvalue weighted by Gasteiger charge is 2.36. The van der Waals surface area contributed by atoms with E-state index in [0.717, 1.165) is 56.4 Å². The average Bonchev–Trinajstić information content (AvgIpc) is 3.48. The van der Waals surface area contributed by atoms with Gasteiger partial charge in [0.05, 0.1) is 21.7 Å². The standard InChI is InChI=1S/C27H25F3N4O2S2/c28-27(29,30)21-15-22(24-7-4-13-37-24)32-26(20(21)16-31)38-14-12-33-8-10-34(11-9-33)25-18-35-23(17-36-25)19-5-2-1-3-6-19/h1-2,4-5,7,13,15,17-18H,3,6,8-12,14H2. The molecule has 0 unspecified atom stereocenters. The Hall–Kier alpha value is -3.20. The van der Waals surface area contributed by atoms with Crippen LogP contribution in [-0.2, 0) is 15.7 Å². The second-order valence-electron chi connectivity index (χ2n) is 8.83. The molecule has 5 rings (SSSR count). The van der Waals surface area contributed by atoms with Crippen molar-refractivity contribution < 1.29 is 22.6 Å². The molecule has 1 saturated heterocycles. The highest BCUT2D eigenvalue weighted by molar-refractivity contribution is 7.99. The van der Waals surface area contributed by atoms with Gasteiger partial charge in [-0.2, -0.15) is 18.4 Å². The predicted octanol–water partition coefficient (Wildman–Crippen LogP) is 6.37. The van der Waals surface area contributed by atoms with Crippen LogP contribution in [0.15, 0.2) is 76.6 Å². The number of allylic oxidation sites excluding steroid dienone is 4. The first-order valence-corrected chi connectivity index (χ1v) is 14.0. The molecular formula is C27H25F3N4O2S2. The van der Waals surface area contributed by atoms with Gasteiger partial charge in [-0.15, -0.1) is 23.1 Å². The lowest BCUT2D eigenvalue weighted by atomic mass is 10.0. The fraction of sp³-hybridized carbons (Fsp3) is 0.333. The van der Waals surface area contributed by atoms with Gasteiger partial charge in [0.1, 0.15) is 17.4 Å². The zero-order valence-corrected chi connectivity index (χ0v) is 22.0. The summed E-state index contributed by atoms with van der Waals surface area (Å²) in [7, 11) is 0. The second-order valence-corrected chi connectivity index (χ2v) is 10.9. The highest BCUT2D eigenvalue weighted by Crippen LogP contribution is 2.38. The van der Waals surface area contributed by atoms with Crippen LogP contribution in [0.2, 0.25) is 0 Å². The van der Waals surface area contributed by atoms with Crippen molar-refractivity contribution in [2.24, 2.45) is 0 Å². The minimum absolute atomic E-state index is 0.119. The molecule has 38 heavy (non-hydrogen) atoms. The molecule has 1 fully saturated rings. The lowest BCUT2D eigenvalue weighted by Crippen LogP contribution is -2.46. The van der Waals surface area contributed by atoms with Crippen LogP contribution in [0, 0.1) is 11.3 Å². The molecule has 0 spiro atoms. The van der Waals surface area contributed by atoms with Crippen molar-refractivity contribution in [1.29, 1.82) is 5.26 Å². The number of piperazine rings is 1. The molecule has 2 aliphatic heterocycles. The van der Waals surface area contributed by atoms with Crippen LogP contribution in [0.4, 0.5) is 13.2 Å². The number of rotatable bonds is 7. The molecule has 0 aromatic carbocycles. The van der Waals surface area contributed by atoms with Crippen molar-refractivity contribution in [2.75, 3.05) is 38.5 Å². The normalized spacial score (nSPS) is 18.2. The quantitative estimate of drug-likeness (QED) is 0.366. The Kier molecular flexibility index (Phi) is 8.12. The van der Waals surface area contributed by atoms with E-state index >= 15 is 0 Å². The largest absolute Gasteiger partial charge is 0.456 e. The van der Waals surface area contributed by atoms with Crippen molar-refractivity contribution in [3.8, 4) is 16.6 Å². The Morgan fingerprint density at radius 1 is 1.16 bits per heavy atom. The fourth-order valence-electron chi connectivity index (χ4n) is 4.36. The van der Waals surface area contributed by atoms with Crippen LogP contribution in [0.1, 0.15) is 24.0 Å². The molecule has 0 atom stereocenters. The molecule has 0 saturated carbocycles. The summed E-state index contributed by atoms with van der Waals surface area (Å²) in [5, 5.41) is 11.4. The van der Waals surface area contributed by atoms with Crippen LogP contribution >= 0.6 is 23.1 Å². The number of halogens is 3. The van der Waals surface area contributed by atoms with Crippen molar-refractivity contribution in [3.63, 3.8) is 0 Å². The van der Waals surface area contributed by atoms with Crippen LogP contribution in [0.25, 0.3) is 10.6 Å². The lowest BCUT2D eigenvalue weighted by molar-refractivity contribution is -0.138. The molecule has 3 aliphatic rings. The van der Waals surface area contributed by atoms with Gasteiger partial charge in [-0.25, -0.2) is 4.98 Å². The van der Waals surface area contributed by atoms with Crippen LogP contribution in [0.5, 0.6) is 0 Å². The summed E-state index contributed by atoms with van der Waals surface area (Å²) >= 11 is 2.51. The van der Waals surface area contributed by atoms with E-state index in [0.29, 0.717) is 23.1 Å². The Labute approximate surface area is 227 Å². The molecule has 0 bridgehead atoms. The molecule has 4 heterocycles. The number of hydrogen-bond acceptors (Lipinski definition) is 8. The first-order valence-electron chi connectivity index (χ1n) is 12.2. The van der Waals surface area contributed by atoms with E-state index in [1.54, 1.807) is 36.1 Å². The monoisotopic (exact) mass is 558 g/mol. The van der Waals surface area contributed by atoms with E-state index in [1.807, 2.05) is 12.2 Å². The molecule has 0 radical (unpaired) electrons. The number of nitriles is 1. The zero-order valence-electron chi connectivity index (χ0n) is 20.4. The number of thioether (sulfide) groups is 1. The van der Waals surface area contributed by atoms with E-state index in [9.17, 15) is 18.4 Å². The maximum atomic E-state index is 13.7. The summed E-state index contributed by atoms with van der Waals surface area (Å²) in [5.74, 6) is 1.92. The molecule has 6 nitrogen and oxygen atoms in total. The Morgan fingerprint density at radius 3 is 2.63 bits per heavy atom. The van der Waals surface area contributed by atoms with E-state index in [1.165, 1.54) is 23.1 Å². The van der Waals surface area contributed by atoms with Gasteiger partial charge in [0, 0.05) is 38.5 Å². The maximum Gasteiger partial charge on any atom is 0.417 e. The third-order valence-corrected chi connectivity index (χ3v) is 8.26. The molecule has 2 aromatic heterocycles. The first kappa shape index (κ1) is 26.4. The number of nitrogens with zero attached hydrogens (tertiary/aromatic N) is 4. The Balaban J connectivity index is 1.16. The average molecular weight is 559 g/mol. The molecule has 0 amide bonds. The van der Waals surface area contributed by atoms with Gasteiger partial charge in [0.15, 0.2) is 12.0 Å². The van der Waals surface area contributed by atoms with Crippen LogP contribution < -0.4 is 0 Å². The van der Waals surface area contributed by atoms with Gasteiger partial charge >= 0.3 is 6.18 Å². The fourth-order valence-corrected chi connectivity index (χ4v) is 6.06. The Morgan fingerprint density at radius 2 is 2.00 bits per heavy atom. The predicted molar refractivity (Wildman–Crippen MR) is 141 cm³/mol. The Bertz CT molecular complexity index is 1320. The van der Waals surface area contributed by atoms with Crippen LogP contribution in [0.3, 0.4) is 0 Å². The van der Waals surface area contributed by atoms with Gasteiger partial charge < -0.3 is 14.4 Å². The van der Waals surface area contributed by atoms with Gasteiger partial charge in [0.25, 0.3) is 0 Å². The third kappa shape index (κ3) is 6.09. The minimum atomic E-state index is -4.63. The number of ether oxygens (including phenoxy) is 2. The molecule has 11 heteroatoms. The summed E-state index contributed by atoms with van der Waals surface area (Å²) in [6, 6.07) is 6.20. The first-order chi connectivity index (χ1) is 18.4. The molecular weight excluding hydrogens is 533 g/mol. The summed E-state index contributed by atoms with van der Waals surface area (Å²) in [6.07, 6.45) is 6.75. The molecule has 1 aliphatic carbocycles. The van der Waals surface area contributed by atoms with Gasteiger partial charge in [0.2, 0.25) is 5.88 Å². The highest BCUT2D eigenvalue weighted by atomic mass is 32.2. The number of pyridine rings is 1. The summed E-state index contributed by atoms with van der Waals surface area (Å²) in [6.45, 7) is 3.69. The summed E-state index contributed by atoms with van der Waals surface area (Å²) in [5.41, 5.74) is -0.00584. The number of aromatic nitrogens is 1. The molecule has 2 aromatic rings. The number of thiophene rings is 1. The second kappa shape index (κ2) is 11.7. The van der Waals surface area contributed by atoms with Crippen molar-refractivity contribution in [1.82, 2.24) is 14.8 Å². The van der Waals surface area contributed by atoms with E-state index < -0.39 is 17.3 Å². The molecule has 198 valence electrons.